The Morgan fingerprint density at radius 1 is 1.37 bits per heavy atom. The zero-order valence-electron chi connectivity index (χ0n) is 11.3. The summed E-state index contributed by atoms with van der Waals surface area (Å²) in [4.78, 5) is 4.12. The molecule has 0 aliphatic heterocycles. The maximum Gasteiger partial charge on any atom is 0.138 e. The minimum Gasteiger partial charge on any atom is -0.388 e. The minimum absolute atomic E-state index is 0.159. The molecule has 0 aliphatic carbocycles. The summed E-state index contributed by atoms with van der Waals surface area (Å²) >= 11 is 0. The maximum absolute atomic E-state index is 13.7. The molecule has 5 heteroatoms. The summed E-state index contributed by atoms with van der Waals surface area (Å²) < 4.78 is 15.4. The fourth-order valence-electron chi connectivity index (χ4n) is 2.05. The summed E-state index contributed by atoms with van der Waals surface area (Å²) in [6, 6.07) is 4.88. The zero-order valence-corrected chi connectivity index (χ0v) is 11.3. The summed E-state index contributed by atoms with van der Waals surface area (Å²) in [7, 11) is 0. The minimum atomic E-state index is -0.915. The molecule has 1 aromatic carbocycles. The Labute approximate surface area is 111 Å². The number of aromatic nitrogens is 3. The van der Waals surface area contributed by atoms with Gasteiger partial charge in [-0.2, -0.15) is 5.10 Å². The Bertz CT molecular complexity index is 566. The van der Waals surface area contributed by atoms with Crippen LogP contribution in [0, 0.1) is 12.7 Å². The average molecular weight is 263 g/mol. The van der Waals surface area contributed by atoms with Crippen molar-refractivity contribution in [3.05, 3.63) is 47.3 Å². The van der Waals surface area contributed by atoms with Crippen molar-refractivity contribution in [2.75, 3.05) is 0 Å². The second-order valence-electron chi connectivity index (χ2n) is 4.96. The zero-order chi connectivity index (χ0) is 14.0. The highest BCUT2D eigenvalue weighted by Gasteiger charge is 2.17. The molecule has 0 fully saturated rings. The van der Waals surface area contributed by atoms with Crippen LogP contribution in [-0.2, 0) is 6.42 Å². The number of aryl methyl sites for hydroxylation is 1. The number of halogens is 1. The number of aliphatic hydroxyl groups excluding tert-OH is 1. The Morgan fingerprint density at radius 3 is 2.79 bits per heavy atom. The van der Waals surface area contributed by atoms with Crippen LogP contribution in [0.25, 0.3) is 0 Å². The first-order valence-corrected chi connectivity index (χ1v) is 6.31. The average Bonchev–Trinajstić information content (AvgIpc) is 2.80. The van der Waals surface area contributed by atoms with Crippen LogP contribution < -0.4 is 0 Å². The standard InChI is InChI=1S/C14H18FN3O/c1-9(2)18-14(16-8-17-18)7-13(19)11-6-10(3)4-5-12(11)15/h4-6,8-9,13,19H,7H2,1-3H3. The van der Waals surface area contributed by atoms with Crippen molar-refractivity contribution in [2.24, 2.45) is 0 Å². The molecule has 19 heavy (non-hydrogen) atoms. The Kier molecular flexibility index (Phi) is 3.95. The molecule has 0 saturated carbocycles. The van der Waals surface area contributed by atoms with Crippen molar-refractivity contribution in [1.29, 1.82) is 0 Å². The SMILES string of the molecule is Cc1ccc(F)c(C(O)Cc2ncnn2C(C)C)c1. The lowest BCUT2D eigenvalue weighted by atomic mass is 10.0. The largest absolute Gasteiger partial charge is 0.388 e. The molecule has 1 N–H and O–H groups in total. The van der Waals surface area contributed by atoms with E-state index in [9.17, 15) is 9.50 Å². The lowest BCUT2D eigenvalue weighted by Crippen LogP contribution is -2.13. The first-order chi connectivity index (χ1) is 8.99. The van der Waals surface area contributed by atoms with Gasteiger partial charge in [0, 0.05) is 18.0 Å². The van der Waals surface area contributed by atoms with Crippen molar-refractivity contribution >= 4 is 0 Å². The van der Waals surface area contributed by atoms with Crippen molar-refractivity contribution in [3.63, 3.8) is 0 Å². The molecule has 0 saturated heterocycles. The summed E-state index contributed by atoms with van der Waals surface area (Å²) in [5.41, 5.74) is 1.22. The van der Waals surface area contributed by atoms with E-state index in [0.29, 0.717) is 11.4 Å². The monoisotopic (exact) mass is 263 g/mol. The number of aliphatic hydroxyl groups is 1. The van der Waals surface area contributed by atoms with E-state index in [1.54, 1.807) is 16.8 Å². The van der Waals surface area contributed by atoms with Gasteiger partial charge in [-0.1, -0.05) is 17.7 Å². The molecule has 0 amide bonds. The van der Waals surface area contributed by atoms with Crippen LogP contribution in [-0.4, -0.2) is 19.9 Å². The molecule has 4 nitrogen and oxygen atoms in total. The van der Waals surface area contributed by atoms with E-state index in [-0.39, 0.29) is 12.5 Å². The van der Waals surface area contributed by atoms with E-state index in [1.165, 1.54) is 12.4 Å². The Hall–Kier alpha value is -1.75. The molecule has 0 bridgehead atoms. The highest BCUT2D eigenvalue weighted by molar-refractivity contribution is 5.26. The predicted octanol–water partition coefficient (Wildman–Crippen LogP) is 2.58. The number of rotatable bonds is 4. The summed E-state index contributed by atoms with van der Waals surface area (Å²) in [5, 5.41) is 14.3. The summed E-state index contributed by atoms with van der Waals surface area (Å²) in [6.07, 6.45) is 0.786. The van der Waals surface area contributed by atoms with Crippen molar-refractivity contribution in [2.45, 2.75) is 39.3 Å². The molecule has 2 rings (SSSR count). The maximum atomic E-state index is 13.7. The molecule has 0 spiro atoms. The van der Waals surface area contributed by atoms with E-state index < -0.39 is 11.9 Å². The smallest absolute Gasteiger partial charge is 0.138 e. The highest BCUT2D eigenvalue weighted by atomic mass is 19.1. The van der Waals surface area contributed by atoms with Gasteiger partial charge >= 0.3 is 0 Å². The van der Waals surface area contributed by atoms with Gasteiger partial charge in [-0.3, -0.25) is 0 Å². The number of benzene rings is 1. The molecular weight excluding hydrogens is 245 g/mol. The van der Waals surface area contributed by atoms with Crippen LogP contribution in [0.3, 0.4) is 0 Å². The molecule has 0 aliphatic rings. The van der Waals surface area contributed by atoms with Gasteiger partial charge in [-0.25, -0.2) is 14.1 Å². The van der Waals surface area contributed by atoms with Gasteiger partial charge < -0.3 is 5.11 Å². The second-order valence-corrected chi connectivity index (χ2v) is 4.96. The van der Waals surface area contributed by atoms with Crippen LogP contribution >= 0.6 is 0 Å². The van der Waals surface area contributed by atoms with Crippen LogP contribution in [0.1, 0.15) is 42.9 Å². The lowest BCUT2D eigenvalue weighted by molar-refractivity contribution is 0.168. The van der Waals surface area contributed by atoms with E-state index >= 15 is 0 Å². The fourth-order valence-corrected chi connectivity index (χ4v) is 2.05. The number of hydrogen-bond acceptors (Lipinski definition) is 3. The van der Waals surface area contributed by atoms with Gasteiger partial charge in [0.05, 0.1) is 6.10 Å². The van der Waals surface area contributed by atoms with Gasteiger partial charge in [0.25, 0.3) is 0 Å². The third kappa shape index (κ3) is 2.98. The third-order valence-electron chi connectivity index (χ3n) is 3.02. The number of hydrogen-bond donors (Lipinski definition) is 1. The van der Waals surface area contributed by atoms with E-state index in [2.05, 4.69) is 10.1 Å². The van der Waals surface area contributed by atoms with E-state index in [0.717, 1.165) is 5.56 Å². The molecule has 1 aromatic heterocycles. The predicted molar refractivity (Wildman–Crippen MR) is 70.2 cm³/mol. The van der Waals surface area contributed by atoms with E-state index in [1.807, 2.05) is 20.8 Å². The van der Waals surface area contributed by atoms with Crippen LogP contribution in [0.15, 0.2) is 24.5 Å². The van der Waals surface area contributed by atoms with Gasteiger partial charge in [0.1, 0.15) is 18.0 Å². The van der Waals surface area contributed by atoms with E-state index in [4.69, 9.17) is 0 Å². The lowest BCUT2D eigenvalue weighted by Gasteiger charge is -2.14. The topological polar surface area (TPSA) is 50.9 Å². The van der Waals surface area contributed by atoms with Gasteiger partial charge in [0.15, 0.2) is 0 Å². The highest BCUT2D eigenvalue weighted by Crippen LogP contribution is 2.22. The third-order valence-corrected chi connectivity index (χ3v) is 3.02. The molecule has 102 valence electrons. The van der Waals surface area contributed by atoms with Crippen molar-refractivity contribution < 1.29 is 9.50 Å². The molecule has 0 radical (unpaired) electrons. The molecule has 1 heterocycles. The molecule has 2 aromatic rings. The molecule has 1 atom stereocenters. The van der Waals surface area contributed by atoms with Crippen molar-refractivity contribution in [3.8, 4) is 0 Å². The quantitative estimate of drug-likeness (QED) is 0.922. The molecular formula is C14H18FN3O. The second kappa shape index (κ2) is 5.48. The Balaban J connectivity index is 2.23. The fraction of sp³-hybridized carbons (Fsp3) is 0.429. The first-order valence-electron chi connectivity index (χ1n) is 6.31. The van der Waals surface area contributed by atoms with Crippen molar-refractivity contribution in [1.82, 2.24) is 14.8 Å². The normalized spacial score (nSPS) is 12.9. The van der Waals surface area contributed by atoms with Gasteiger partial charge in [0.2, 0.25) is 0 Å². The Morgan fingerprint density at radius 2 is 2.11 bits per heavy atom. The molecule has 1 unspecified atom stereocenters. The van der Waals surface area contributed by atoms with Gasteiger partial charge in [-0.05, 0) is 26.8 Å². The van der Waals surface area contributed by atoms with Gasteiger partial charge in [-0.15, -0.1) is 0 Å². The van der Waals surface area contributed by atoms with Crippen LogP contribution in [0.4, 0.5) is 4.39 Å². The number of nitrogens with zero attached hydrogens (tertiary/aromatic N) is 3. The van der Waals surface area contributed by atoms with Crippen LogP contribution in [0.5, 0.6) is 0 Å². The first kappa shape index (κ1) is 13.7. The summed E-state index contributed by atoms with van der Waals surface area (Å²) in [5.74, 6) is 0.261. The van der Waals surface area contributed by atoms with Crippen LogP contribution in [0.2, 0.25) is 0 Å². The summed E-state index contributed by atoms with van der Waals surface area (Å²) in [6.45, 7) is 5.84.